The van der Waals surface area contributed by atoms with Crippen molar-refractivity contribution >= 4 is 43.8 Å². The van der Waals surface area contributed by atoms with E-state index in [0.29, 0.717) is 15.7 Å². The van der Waals surface area contributed by atoms with Crippen molar-refractivity contribution in [3.8, 4) is 0 Å². The molecule has 1 aromatic heterocycles. The molecule has 1 N–H and O–H groups in total. The SMILES string of the molecule is CC(C)c1nnc(NC(=O)CS(=O)(=O)Cc2ccc(Cl)cc2)s1. The summed E-state index contributed by atoms with van der Waals surface area (Å²) in [4.78, 5) is 11.9. The first-order valence-corrected chi connectivity index (χ1v) is 9.85. The standard InChI is InChI=1S/C14H16ClN3O3S2/c1-9(2)13-17-18-14(22-13)16-12(19)8-23(20,21)7-10-3-5-11(15)6-4-10/h3-6,9H,7-8H2,1-2H3,(H,16,18,19). The Hall–Kier alpha value is -1.51. The fourth-order valence-electron chi connectivity index (χ4n) is 1.76. The number of sulfone groups is 1. The topological polar surface area (TPSA) is 89.0 Å². The number of halogens is 1. The first kappa shape index (κ1) is 17.8. The Morgan fingerprint density at radius 3 is 2.48 bits per heavy atom. The molecule has 0 bridgehead atoms. The molecule has 1 heterocycles. The first-order chi connectivity index (χ1) is 10.7. The summed E-state index contributed by atoms with van der Waals surface area (Å²) in [5.74, 6) is -1.24. The minimum Gasteiger partial charge on any atom is -0.300 e. The minimum absolute atomic E-state index is 0.201. The molecule has 0 aliphatic rings. The Balaban J connectivity index is 1.96. The van der Waals surface area contributed by atoms with Gasteiger partial charge in [0, 0.05) is 10.9 Å². The fraction of sp³-hybridized carbons (Fsp3) is 0.357. The number of rotatable bonds is 6. The lowest BCUT2D eigenvalue weighted by atomic mass is 10.2. The highest BCUT2D eigenvalue weighted by Crippen LogP contribution is 2.22. The van der Waals surface area contributed by atoms with Gasteiger partial charge in [0.2, 0.25) is 11.0 Å². The lowest BCUT2D eigenvalue weighted by molar-refractivity contribution is -0.113. The lowest BCUT2D eigenvalue weighted by Crippen LogP contribution is -2.23. The van der Waals surface area contributed by atoms with E-state index in [4.69, 9.17) is 11.6 Å². The molecular weight excluding hydrogens is 358 g/mol. The van der Waals surface area contributed by atoms with Crippen LogP contribution < -0.4 is 5.32 Å². The van der Waals surface area contributed by atoms with Crippen molar-refractivity contribution in [2.75, 3.05) is 11.1 Å². The van der Waals surface area contributed by atoms with Crippen LogP contribution in [0.5, 0.6) is 0 Å². The summed E-state index contributed by atoms with van der Waals surface area (Å²) < 4.78 is 24.1. The third-order valence-corrected chi connectivity index (χ3v) is 5.70. The van der Waals surface area contributed by atoms with Crippen molar-refractivity contribution in [1.82, 2.24) is 10.2 Å². The highest BCUT2D eigenvalue weighted by Gasteiger charge is 2.19. The summed E-state index contributed by atoms with van der Waals surface area (Å²) in [6.07, 6.45) is 0. The maximum Gasteiger partial charge on any atom is 0.241 e. The zero-order valence-electron chi connectivity index (χ0n) is 12.6. The molecule has 9 heteroatoms. The second kappa shape index (κ2) is 7.37. The molecule has 2 rings (SSSR count). The van der Waals surface area contributed by atoms with Gasteiger partial charge in [-0.3, -0.25) is 10.1 Å². The van der Waals surface area contributed by atoms with Crippen LogP contribution in [0.25, 0.3) is 0 Å². The van der Waals surface area contributed by atoms with E-state index in [-0.39, 0.29) is 11.7 Å². The molecule has 23 heavy (non-hydrogen) atoms. The van der Waals surface area contributed by atoms with Crippen molar-refractivity contribution in [3.05, 3.63) is 39.9 Å². The average Bonchev–Trinajstić information content (AvgIpc) is 2.89. The summed E-state index contributed by atoms with van der Waals surface area (Å²) in [5, 5.41) is 11.9. The quantitative estimate of drug-likeness (QED) is 0.840. The Labute approximate surface area is 143 Å². The normalized spacial score (nSPS) is 11.7. The smallest absolute Gasteiger partial charge is 0.241 e. The summed E-state index contributed by atoms with van der Waals surface area (Å²) in [7, 11) is -3.58. The zero-order chi connectivity index (χ0) is 17.0. The van der Waals surface area contributed by atoms with Gasteiger partial charge < -0.3 is 0 Å². The van der Waals surface area contributed by atoms with Crippen LogP contribution in [0.3, 0.4) is 0 Å². The Bertz CT molecular complexity index is 786. The Kier molecular flexibility index (Phi) is 5.72. The molecule has 0 spiro atoms. The number of benzene rings is 1. The molecule has 1 amide bonds. The maximum absolute atomic E-state index is 12.1. The van der Waals surface area contributed by atoms with Gasteiger partial charge in [-0.05, 0) is 17.7 Å². The Morgan fingerprint density at radius 1 is 1.26 bits per heavy atom. The van der Waals surface area contributed by atoms with Gasteiger partial charge >= 0.3 is 0 Å². The Morgan fingerprint density at radius 2 is 1.91 bits per heavy atom. The van der Waals surface area contributed by atoms with E-state index in [1.807, 2.05) is 13.8 Å². The second-order valence-corrected chi connectivity index (χ2v) is 8.82. The molecule has 0 unspecified atom stereocenters. The molecule has 6 nitrogen and oxygen atoms in total. The molecule has 0 radical (unpaired) electrons. The van der Waals surface area contributed by atoms with E-state index in [0.717, 1.165) is 5.01 Å². The molecule has 124 valence electrons. The monoisotopic (exact) mass is 373 g/mol. The van der Waals surface area contributed by atoms with E-state index >= 15 is 0 Å². The van der Waals surface area contributed by atoms with Gasteiger partial charge in [-0.1, -0.05) is 48.9 Å². The van der Waals surface area contributed by atoms with Crippen LogP contribution in [0.4, 0.5) is 5.13 Å². The van der Waals surface area contributed by atoms with Crippen LogP contribution in [-0.4, -0.2) is 30.3 Å². The molecule has 0 saturated heterocycles. The van der Waals surface area contributed by atoms with Gasteiger partial charge in [-0.2, -0.15) is 0 Å². The molecule has 0 aliphatic heterocycles. The van der Waals surface area contributed by atoms with Gasteiger partial charge in [0.05, 0.1) is 5.75 Å². The number of carbonyl (C=O) groups is 1. The van der Waals surface area contributed by atoms with Crippen molar-refractivity contribution in [2.24, 2.45) is 0 Å². The minimum atomic E-state index is -3.58. The average molecular weight is 374 g/mol. The van der Waals surface area contributed by atoms with E-state index in [1.165, 1.54) is 11.3 Å². The van der Waals surface area contributed by atoms with Gasteiger partial charge in [-0.25, -0.2) is 8.42 Å². The fourth-order valence-corrected chi connectivity index (χ4v) is 3.92. The van der Waals surface area contributed by atoms with Crippen molar-refractivity contribution < 1.29 is 13.2 Å². The van der Waals surface area contributed by atoms with Gasteiger partial charge in [0.15, 0.2) is 9.84 Å². The molecule has 0 aliphatic carbocycles. The van der Waals surface area contributed by atoms with Crippen molar-refractivity contribution in [2.45, 2.75) is 25.5 Å². The predicted molar refractivity (Wildman–Crippen MR) is 91.6 cm³/mol. The number of carbonyl (C=O) groups excluding carboxylic acids is 1. The van der Waals surface area contributed by atoms with E-state index < -0.39 is 21.5 Å². The van der Waals surface area contributed by atoms with Crippen LogP contribution in [0.15, 0.2) is 24.3 Å². The van der Waals surface area contributed by atoms with E-state index in [2.05, 4.69) is 15.5 Å². The first-order valence-electron chi connectivity index (χ1n) is 6.83. The largest absolute Gasteiger partial charge is 0.300 e. The number of anilines is 1. The third kappa shape index (κ3) is 5.56. The van der Waals surface area contributed by atoms with E-state index in [9.17, 15) is 13.2 Å². The summed E-state index contributed by atoms with van der Waals surface area (Å²) >= 11 is 6.99. The number of hydrogen-bond donors (Lipinski definition) is 1. The number of hydrogen-bond acceptors (Lipinski definition) is 6. The maximum atomic E-state index is 12.1. The van der Waals surface area contributed by atoms with Gasteiger partial charge in [0.25, 0.3) is 0 Å². The van der Waals surface area contributed by atoms with Crippen LogP contribution >= 0.6 is 22.9 Å². The predicted octanol–water partition coefficient (Wildman–Crippen LogP) is 2.87. The van der Waals surface area contributed by atoms with Crippen molar-refractivity contribution in [3.63, 3.8) is 0 Å². The number of nitrogens with one attached hydrogen (secondary N) is 1. The highest BCUT2D eigenvalue weighted by atomic mass is 35.5. The molecule has 2 aromatic rings. The van der Waals surface area contributed by atoms with Crippen molar-refractivity contribution in [1.29, 1.82) is 0 Å². The van der Waals surface area contributed by atoms with Crippen LogP contribution in [-0.2, 0) is 20.4 Å². The summed E-state index contributed by atoms with van der Waals surface area (Å²) in [5.41, 5.74) is 0.584. The second-order valence-electron chi connectivity index (χ2n) is 5.31. The molecular formula is C14H16ClN3O3S2. The molecule has 0 saturated carbocycles. The molecule has 0 atom stereocenters. The zero-order valence-corrected chi connectivity index (χ0v) is 15.0. The molecule has 1 aromatic carbocycles. The molecule has 0 fully saturated rings. The number of amides is 1. The van der Waals surface area contributed by atoms with Crippen LogP contribution in [0.2, 0.25) is 5.02 Å². The summed E-state index contributed by atoms with van der Waals surface area (Å²) in [6.45, 7) is 3.92. The van der Waals surface area contributed by atoms with Gasteiger partial charge in [0.1, 0.15) is 10.8 Å². The highest BCUT2D eigenvalue weighted by molar-refractivity contribution is 7.91. The number of aromatic nitrogens is 2. The number of nitrogens with zero attached hydrogens (tertiary/aromatic N) is 2. The summed E-state index contributed by atoms with van der Waals surface area (Å²) in [6, 6.07) is 6.47. The lowest BCUT2D eigenvalue weighted by Gasteiger charge is -2.04. The van der Waals surface area contributed by atoms with E-state index in [1.54, 1.807) is 24.3 Å². The third-order valence-electron chi connectivity index (χ3n) is 2.83. The van der Waals surface area contributed by atoms with Crippen LogP contribution in [0.1, 0.15) is 30.3 Å². The van der Waals surface area contributed by atoms with Crippen LogP contribution in [0, 0.1) is 0 Å². The van der Waals surface area contributed by atoms with Gasteiger partial charge in [-0.15, -0.1) is 10.2 Å².